The van der Waals surface area contributed by atoms with E-state index in [0.717, 1.165) is 0 Å². The van der Waals surface area contributed by atoms with E-state index in [1.54, 1.807) is 35.7 Å². The average molecular weight is 328 g/mol. The van der Waals surface area contributed by atoms with Crippen molar-refractivity contribution < 1.29 is 18.7 Å². The third kappa shape index (κ3) is 2.86. The highest BCUT2D eigenvalue weighted by atomic mass is 32.1. The largest absolute Gasteiger partial charge is 0.465 e. The van der Waals surface area contributed by atoms with Crippen LogP contribution in [0.1, 0.15) is 20.7 Å². The Kier molecular flexibility index (Phi) is 3.94. The molecule has 3 rings (SSSR count). The molecule has 0 unspecified atom stereocenters. The average Bonchev–Trinajstić information content (AvgIpc) is 3.01. The molecule has 0 saturated carbocycles. The zero-order valence-corrected chi connectivity index (χ0v) is 12.9. The molecule has 7 heteroatoms. The third-order valence-corrected chi connectivity index (χ3v) is 4.05. The van der Waals surface area contributed by atoms with E-state index in [2.05, 4.69) is 10.1 Å². The van der Waals surface area contributed by atoms with E-state index in [4.69, 9.17) is 9.83 Å². The maximum Gasteiger partial charge on any atom is 0.340 e. The van der Waals surface area contributed by atoms with Crippen LogP contribution in [0.15, 0.2) is 46.2 Å². The van der Waals surface area contributed by atoms with Gasteiger partial charge >= 0.3 is 5.97 Å². The first-order valence-electron chi connectivity index (χ1n) is 6.65. The smallest absolute Gasteiger partial charge is 0.340 e. The number of hydrogen-bond acceptors (Lipinski definition) is 6. The molecule has 116 valence electrons. The highest BCUT2D eigenvalue weighted by Gasteiger charge is 2.18. The topological polar surface area (TPSA) is 92.4 Å². The van der Waals surface area contributed by atoms with Gasteiger partial charge in [0.25, 0.3) is 5.91 Å². The highest BCUT2D eigenvalue weighted by Crippen LogP contribution is 2.24. The molecule has 0 aliphatic carbocycles. The molecule has 0 aliphatic rings. The normalized spacial score (nSPS) is 10.5. The van der Waals surface area contributed by atoms with Gasteiger partial charge in [-0.25, -0.2) is 4.79 Å². The Bertz CT molecular complexity index is 958. The summed E-state index contributed by atoms with van der Waals surface area (Å²) in [4.78, 5) is 24.0. The number of carbonyl (C=O) groups excluding carboxylic acids is 2. The number of benzene rings is 1. The maximum atomic E-state index is 12.4. The fourth-order valence-electron chi connectivity index (χ4n) is 2.09. The number of anilines is 1. The lowest BCUT2D eigenvalue weighted by Crippen LogP contribution is -2.21. The number of amides is 1. The maximum absolute atomic E-state index is 12.4. The summed E-state index contributed by atoms with van der Waals surface area (Å²) >= 11 is 1.20. The lowest BCUT2D eigenvalue weighted by atomic mass is 10.2. The number of ether oxygens (including phenoxy) is 1. The van der Waals surface area contributed by atoms with Crippen LogP contribution in [0.5, 0.6) is 0 Å². The first-order valence-corrected chi connectivity index (χ1v) is 7.53. The van der Waals surface area contributed by atoms with E-state index in [0.29, 0.717) is 16.0 Å². The molecule has 3 aromatic rings. The van der Waals surface area contributed by atoms with Crippen molar-refractivity contribution in [3.8, 4) is 0 Å². The summed E-state index contributed by atoms with van der Waals surface area (Å²) in [6, 6.07) is 10.3. The van der Waals surface area contributed by atoms with E-state index in [-0.39, 0.29) is 16.7 Å². The molecule has 0 saturated heterocycles. The summed E-state index contributed by atoms with van der Waals surface area (Å²) in [7, 11) is 1.27. The number of nitrogens with one attached hydrogen (secondary N) is 2. The predicted molar refractivity (Wildman–Crippen MR) is 85.7 cm³/mol. The number of fused-ring (bicyclic) bond motifs is 1. The molecule has 0 atom stereocenters. The van der Waals surface area contributed by atoms with Gasteiger partial charge in [-0.1, -0.05) is 18.2 Å². The van der Waals surface area contributed by atoms with Crippen LogP contribution in [0, 0.1) is 5.41 Å². The van der Waals surface area contributed by atoms with Gasteiger partial charge in [0, 0.05) is 5.39 Å². The molecular weight excluding hydrogens is 316 g/mol. The SMILES string of the molecule is COC(=O)c1ccsc1NC(=O)c1cc2ccccc2oc1=N. The van der Waals surface area contributed by atoms with Crippen LogP contribution in [-0.2, 0) is 4.74 Å². The second-order valence-corrected chi connectivity index (χ2v) is 5.55. The molecule has 23 heavy (non-hydrogen) atoms. The standard InChI is InChI=1S/C16H12N2O4S/c1-21-16(20)10-6-7-23-15(10)18-14(19)11-8-9-4-2-3-5-12(9)22-13(11)17/h2-8,17H,1H3,(H,18,19). The Labute approximate surface area is 134 Å². The van der Waals surface area contributed by atoms with Gasteiger partial charge in [0.2, 0.25) is 5.55 Å². The van der Waals surface area contributed by atoms with Crippen LogP contribution in [0.4, 0.5) is 5.00 Å². The molecule has 0 aliphatic heterocycles. The number of para-hydroxylation sites is 1. The molecule has 2 aromatic heterocycles. The zero-order valence-electron chi connectivity index (χ0n) is 12.1. The van der Waals surface area contributed by atoms with Crippen molar-refractivity contribution in [2.24, 2.45) is 0 Å². The molecule has 0 fully saturated rings. The number of esters is 1. The summed E-state index contributed by atoms with van der Waals surface area (Å²) in [5.41, 5.74) is 0.654. The van der Waals surface area contributed by atoms with Gasteiger partial charge in [-0.05, 0) is 23.6 Å². The summed E-state index contributed by atoms with van der Waals surface area (Å²) in [5.74, 6) is -1.05. The fraction of sp³-hybridized carbons (Fsp3) is 0.0625. The minimum atomic E-state index is -0.532. The van der Waals surface area contributed by atoms with E-state index in [1.807, 2.05) is 6.07 Å². The van der Waals surface area contributed by atoms with Gasteiger partial charge in [0.1, 0.15) is 16.1 Å². The van der Waals surface area contributed by atoms with E-state index < -0.39 is 11.9 Å². The number of carbonyl (C=O) groups is 2. The van der Waals surface area contributed by atoms with Crippen molar-refractivity contribution in [3.05, 3.63) is 58.5 Å². The van der Waals surface area contributed by atoms with E-state index >= 15 is 0 Å². The zero-order chi connectivity index (χ0) is 16.4. The summed E-state index contributed by atoms with van der Waals surface area (Å²) < 4.78 is 10.0. The van der Waals surface area contributed by atoms with E-state index in [9.17, 15) is 9.59 Å². The predicted octanol–water partition coefficient (Wildman–Crippen LogP) is 3.01. The molecule has 2 N–H and O–H groups in total. The van der Waals surface area contributed by atoms with Crippen LogP contribution in [0.2, 0.25) is 0 Å². The quantitative estimate of drug-likeness (QED) is 0.723. The van der Waals surface area contributed by atoms with Gasteiger partial charge in [0.05, 0.1) is 12.7 Å². The van der Waals surface area contributed by atoms with Crippen LogP contribution >= 0.6 is 11.3 Å². The molecule has 1 aromatic carbocycles. The van der Waals surface area contributed by atoms with Crippen LogP contribution in [-0.4, -0.2) is 19.0 Å². The molecule has 1 amide bonds. The summed E-state index contributed by atoms with van der Waals surface area (Å²) in [5, 5.41) is 13.3. The Morgan fingerprint density at radius 2 is 2.00 bits per heavy atom. The molecule has 0 spiro atoms. The van der Waals surface area contributed by atoms with E-state index in [1.165, 1.54) is 18.4 Å². The first kappa shape index (κ1) is 15.0. The first-order chi connectivity index (χ1) is 11.1. The summed E-state index contributed by atoms with van der Waals surface area (Å²) in [6.07, 6.45) is 0. The van der Waals surface area contributed by atoms with Gasteiger partial charge < -0.3 is 14.5 Å². The van der Waals surface area contributed by atoms with Crippen LogP contribution < -0.4 is 10.9 Å². The molecular formula is C16H12N2O4S. The molecule has 6 nitrogen and oxygen atoms in total. The second kappa shape index (κ2) is 6.05. The van der Waals surface area contributed by atoms with Crippen molar-refractivity contribution in [1.82, 2.24) is 0 Å². The lowest BCUT2D eigenvalue weighted by molar-refractivity contribution is 0.0602. The molecule has 2 heterocycles. The van der Waals surface area contributed by atoms with Crippen molar-refractivity contribution in [2.75, 3.05) is 12.4 Å². The van der Waals surface area contributed by atoms with Crippen molar-refractivity contribution in [1.29, 1.82) is 5.41 Å². The lowest BCUT2D eigenvalue weighted by Gasteiger charge is -2.06. The fourth-order valence-corrected chi connectivity index (χ4v) is 2.86. The number of thiophene rings is 1. The monoisotopic (exact) mass is 328 g/mol. The number of hydrogen-bond donors (Lipinski definition) is 2. The van der Waals surface area contributed by atoms with Crippen molar-refractivity contribution in [2.45, 2.75) is 0 Å². The second-order valence-electron chi connectivity index (χ2n) is 4.64. The molecule has 0 bridgehead atoms. The Morgan fingerprint density at radius 3 is 2.78 bits per heavy atom. The number of rotatable bonds is 3. The van der Waals surface area contributed by atoms with Crippen LogP contribution in [0.25, 0.3) is 11.0 Å². The minimum Gasteiger partial charge on any atom is -0.465 e. The Balaban J connectivity index is 1.95. The Hall–Kier alpha value is -2.93. The summed E-state index contributed by atoms with van der Waals surface area (Å²) in [6.45, 7) is 0. The highest BCUT2D eigenvalue weighted by molar-refractivity contribution is 7.14. The Morgan fingerprint density at radius 1 is 1.22 bits per heavy atom. The van der Waals surface area contributed by atoms with Gasteiger partial charge in [-0.3, -0.25) is 10.2 Å². The van der Waals surface area contributed by atoms with Gasteiger partial charge in [-0.2, -0.15) is 0 Å². The minimum absolute atomic E-state index is 0.0907. The van der Waals surface area contributed by atoms with Gasteiger partial charge in [-0.15, -0.1) is 11.3 Å². The van der Waals surface area contributed by atoms with Crippen molar-refractivity contribution in [3.63, 3.8) is 0 Å². The number of methoxy groups -OCH3 is 1. The molecule has 0 radical (unpaired) electrons. The van der Waals surface area contributed by atoms with Crippen LogP contribution in [0.3, 0.4) is 0 Å². The third-order valence-electron chi connectivity index (χ3n) is 3.22. The van der Waals surface area contributed by atoms with Gasteiger partial charge in [0.15, 0.2) is 0 Å². The van der Waals surface area contributed by atoms with Crippen molar-refractivity contribution >= 4 is 39.2 Å².